The van der Waals surface area contributed by atoms with E-state index < -0.39 is 5.97 Å². The Hall–Kier alpha value is -2.81. The van der Waals surface area contributed by atoms with E-state index in [2.05, 4.69) is 11.1 Å². The average molecular weight is 298 g/mol. The van der Waals surface area contributed by atoms with Crippen LogP contribution in [0.1, 0.15) is 36.0 Å². The minimum absolute atomic E-state index is 0.114. The van der Waals surface area contributed by atoms with Crippen LogP contribution in [0.4, 0.5) is 0 Å². The maximum Gasteiger partial charge on any atom is 0.394 e. The summed E-state index contributed by atoms with van der Waals surface area (Å²) in [6, 6.07) is 7.15. The van der Waals surface area contributed by atoms with Crippen molar-refractivity contribution >= 4 is 5.97 Å². The molecule has 0 saturated heterocycles. The summed E-state index contributed by atoms with van der Waals surface area (Å²) in [4.78, 5) is 15.5. The summed E-state index contributed by atoms with van der Waals surface area (Å²) >= 11 is 0. The molecule has 1 heterocycles. The molecule has 1 aliphatic carbocycles. The molecule has 0 radical (unpaired) electrons. The standard InChI is InChI=1S/C16H14N2O4/c1-2-20-16(19)15-18-9-14(22-15)12-7-10(8-17)3-6-13(12)21-11-4-5-11/h3,6-7,9,11H,2,4-5H2,1H3. The zero-order valence-corrected chi connectivity index (χ0v) is 12.0. The van der Waals surface area contributed by atoms with Gasteiger partial charge in [-0.15, -0.1) is 0 Å². The number of nitrogens with zero attached hydrogens (tertiary/aromatic N) is 2. The van der Waals surface area contributed by atoms with Gasteiger partial charge in [0.15, 0.2) is 5.76 Å². The van der Waals surface area contributed by atoms with E-state index in [-0.39, 0.29) is 18.6 Å². The summed E-state index contributed by atoms with van der Waals surface area (Å²) in [5, 5.41) is 9.05. The first-order valence-electron chi connectivity index (χ1n) is 7.05. The highest BCUT2D eigenvalue weighted by molar-refractivity contribution is 5.85. The van der Waals surface area contributed by atoms with E-state index >= 15 is 0 Å². The van der Waals surface area contributed by atoms with Crippen molar-refractivity contribution in [2.24, 2.45) is 0 Å². The number of hydrogen-bond acceptors (Lipinski definition) is 6. The molecule has 0 unspecified atom stereocenters. The van der Waals surface area contributed by atoms with E-state index in [9.17, 15) is 4.79 Å². The van der Waals surface area contributed by atoms with Crippen LogP contribution in [-0.4, -0.2) is 23.7 Å². The van der Waals surface area contributed by atoms with Crippen LogP contribution in [0.25, 0.3) is 11.3 Å². The third kappa shape index (κ3) is 2.93. The number of carbonyl (C=O) groups excluding carboxylic acids is 1. The fraction of sp³-hybridized carbons (Fsp3) is 0.312. The summed E-state index contributed by atoms with van der Waals surface area (Å²) in [6.45, 7) is 1.95. The lowest BCUT2D eigenvalue weighted by Gasteiger charge is -2.09. The molecule has 6 nitrogen and oxygen atoms in total. The summed E-state index contributed by atoms with van der Waals surface area (Å²) in [7, 11) is 0. The maximum atomic E-state index is 11.6. The van der Waals surface area contributed by atoms with Crippen molar-refractivity contribution in [1.29, 1.82) is 5.26 Å². The number of benzene rings is 1. The van der Waals surface area contributed by atoms with Crippen molar-refractivity contribution in [3.8, 4) is 23.1 Å². The number of oxazole rings is 1. The van der Waals surface area contributed by atoms with E-state index in [0.29, 0.717) is 22.6 Å². The SMILES string of the molecule is CCOC(=O)c1ncc(-c2cc(C#N)ccc2OC2CC2)o1. The molecular weight excluding hydrogens is 284 g/mol. The molecule has 0 atom stereocenters. The van der Waals surface area contributed by atoms with Gasteiger partial charge in [-0.3, -0.25) is 0 Å². The number of aromatic nitrogens is 1. The van der Waals surface area contributed by atoms with Gasteiger partial charge in [-0.1, -0.05) is 0 Å². The largest absolute Gasteiger partial charge is 0.490 e. The molecule has 6 heteroatoms. The lowest BCUT2D eigenvalue weighted by atomic mass is 10.1. The molecule has 1 aromatic carbocycles. The first-order valence-corrected chi connectivity index (χ1v) is 7.05. The van der Waals surface area contributed by atoms with Gasteiger partial charge in [0.2, 0.25) is 0 Å². The molecular formula is C16H14N2O4. The van der Waals surface area contributed by atoms with Gasteiger partial charge in [-0.05, 0) is 38.0 Å². The topological polar surface area (TPSA) is 85.3 Å². The normalized spacial score (nSPS) is 13.5. The third-order valence-electron chi connectivity index (χ3n) is 3.15. The van der Waals surface area contributed by atoms with E-state index in [1.165, 1.54) is 6.20 Å². The first-order chi connectivity index (χ1) is 10.7. The third-order valence-corrected chi connectivity index (χ3v) is 3.15. The lowest BCUT2D eigenvalue weighted by Crippen LogP contribution is -2.04. The number of hydrogen-bond donors (Lipinski definition) is 0. The molecule has 22 heavy (non-hydrogen) atoms. The fourth-order valence-electron chi connectivity index (χ4n) is 1.95. The van der Waals surface area contributed by atoms with Gasteiger partial charge < -0.3 is 13.9 Å². The van der Waals surface area contributed by atoms with Crippen LogP contribution in [-0.2, 0) is 4.74 Å². The Morgan fingerprint density at radius 2 is 2.32 bits per heavy atom. The number of carbonyl (C=O) groups is 1. The Kier molecular flexibility index (Phi) is 3.79. The molecule has 1 saturated carbocycles. The number of esters is 1. The Bertz CT molecular complexity index is 741. The molecule has 0 bridgehead atoms. The highest BCUT2D eigenvalue weighted by atomic mass is 16.5. The van der Waals surface area contributed by atoms with E-state index in [1.807, 2.05) is 0 Å². The second kappa shape index (κ2) is 5.90. The van der Waals surface area contributed by atoms with Crippen molar-refractivity contribution in [3.05, 3.63) is 35.9 Å². The number of ether oxygens (including phenoxy) is 2. The van der Waals surface area contributed by atoms with Crippen molar-refractivity contribution in [2.75, 3.05) is 6.61 Å². The van der Waals surface area contributed by atoms with E-state index in [1.54, 1.807) is 25.1 Å². The molecule has 1 fully saturated rings. The Labute approximate surface area is 127 Å². The van der Waals surface area contributed by atoms with Gasteiger partial charge in [-0.2, -0.15) is 5.26 Å². The second-order valence-electron chi connectivity index (χ2n) is 4.89. The van der Waals surface area contributed by atoms with Crippen LogP contribution in [0, 0.1) is 11.3 Å². The molecule has 2 aromatic rings. The Morgan fingerprint density at radius 1 is 1.50 bits per heavy atom. The van der Waals surface area contributed by atoms with Gasteiger partial charge >= 0.3 is 11.9 Å². The van der Waals surface area contributed by atoms with Crippen molar-refractivity contribution in [1.82, 2.24) is 4.98 Å². The average Bonchev–Trinajstić information content (AvgIpc) is 3.20. The molecule has 1 aliphatic rings. The van der Waals surface area contributed by atoms with E-state index in [0.717, 1.165) is 12.8 Å². The van der Waals surface area contributed by atoms with Crippen molar-refractivity contribution in [2.45, 2.75) is 25.9 Å². The molecule has 0 amide bonds. The van der Waals surface area contributed by atoms with Gasteiger partial charge in [0, 0.05) is 0 Å². The molecule has 3 rings (SSSR count). The monoisotopic (exact) mass is 298 g/mol. The molecule has 1 aromatic heterocycles. The molecule has 112 valence electrons. The van der Waals surface area contributed by atoms with Crippen LogP contribution in [0.15, 0.2) is 28.8 Å². The van der Waals surface area contributed by atoms with E-state index in [4.69, 9.17) is 19.2 Å². The fourth-order valence-corrected chi connectivity index (χ4v) is 1.95. The predicted octanol–water partition coefficient (Wildman–Crippen LogP) is 2.93. The van der Waals surface area contributed by atoms with Crippen LogP contribution in [0.5, 0.6) is 5.75 Å². The van der Waals surface area contributed by atoms with Gasteiger partial charge in [0.05, 0.1) is 36.1 Å². The van der Waals surface area contributed by atoms with Crippen LogP contribution < -0.4 is 4.74 Å². The van der Waals surface area contributed by atoms with Crippen LogP contribution >= 0.6 is 0 Å². The first kappa shape index (κ1) is 14.1. The zero-order chi connectivity index (χ0) is 15.5. The van der Waals surface area contributed by atoms with Gasteiger partial charge in [0.1, 0.15) is 5.75 Å². The van der Waals surface area contributed by atoms with Gasteiger partial charge in [-0.25, -0.2) is 9.78 Å². The molecule has 0 spiro atoms. The minimum atomic E-state index is -0.616. The summed E-state index contributed by atoms with van der Waals surface area (Å²) < 4.78 is 16.1. The van der Waals surface area contributed by atoms with Crippen LogP contribution in [0.2, 0.25) is 0 Å². The van der Waals surface area contributed by atoms with Crippen LogP contribution in [0.3, 0.4) is 0 Å². The Balaban J connectivity index is 1.95. The zero-order valence-electron chi connectivity index (χ0n) is 12.0. The van der Waals surface area contributed by atoms with Crippen molar-refractivity contribution < 1.29 is 18.7 Å². The minimum Gasteiger partial charge on any atom is -0.490 e. The van der Waals surface area contributed by atoms with Crippen molar-refractivity contribution in [3.63, 3.8) is 0 Å². The predicted molar refractivity (Wildman–Crippen MR) is 76.3 cm³/mol. The Morgan fingerprint density at radius 3 is 3.00 bits per heavy atom. The second-order valence-corrected chi connectivity index (χ2v) is 4.89. The number of rotatable bonds is 5. The quantitative estimate of drug-likeness (QED) is 0.789. The highest BCUT2D eigenvalue weighted by Crippen LogP contribution is 2.35. The summed E-state index contributed by atoms with van der Waals surface area (Å²) in [6.07, 6.45) is 3.68. The summed E-state index contributed by atoms with van der Waals surface area (Å²) in [5.74, 6) is 0.260. The lowest BCUT2D eigenvalue weighted by molar-refractivity contribution is 0.0481. The maximum absolute atomic E-state index is 11.6. The molecule has 0 N–H and O–H groups in total. The smallest absolute Gasteiger partial charge is 0.394 e. The summed E-state index contributed by atoms with van der Waals surface area (Å²) in [5.41, 5.74) is 1.08. The highest BCUT2D eigenvalue weighted by Gasteiger charge is 2.26. The molecule has 0 aliphatic heterocycles. The van der Waals surface area contributed by atoms with Gasteiger partial charge in [0.25, 0.3) is 0 Å². The number of nitriles is 1.